The lowest BCUT2D eigenvalue weighted by atomic mass is 10.0. The lowest BCUT2D eigenvalue weighted by Gasteiger charge is -2.34. The molecule has 0 saturated carbocycles. The number of hydrogen-bond donors (Lipinski definition) is 1. The van der Waals surface area contributed by atoms with Gasteiger partial charge in [-0.3, -0.25) is 4.90 Å². The van der Waals surface area contributed by atoms with Gasteiger partial charge >= 0.3 is 0 Å². The van der Waals surface area contributed by atoms with Gasteiger partial charge in [0.15, 0.2) is 16.6 Å². The quantitative estimate of drug-likeness (QED) is 0.786. The fraction of sp³-hybridized carbons (Fsp3) is 0.308. The van der Waals surface area contributed by atoms with Crippen LogP contribution in [-0.2, 0) is 0 Å². The van der Waals surface area contributed by atoms with Gasteiger partial charge in [-0.05, 0) is 44.3 Å². The molecule has 0 radical (unpaired) electrons. The summed E-state index contributed by atoms with van der Waals surface area (Å²) in [6.07, 6.45) is 4.06. The van der Waals surface area contributed by atoms with Crippen LogP contribution in [0.5, 0.6) is 11.5 Å². The van der Waals surface area contributed by atoms with E-state index in [0.717, 1.165) is 17.2 Å². The Hall–Kier alpha value is -1.75. The van der Waals surface area contributed by atoms with Crippen LogP contribution in [0.1, 0.15) is 13.8 Å². The van der Waals surface area contributed by atoms with Crippen molar-refractivity contribution in [3.05, 3.63) is 30.5 Å². The number of thiocarbonyl (C=S) groups is 1. The summed E-state index contributed by atoms with van der Waals surface area (Å²) in [4.78, 5) is 1.92. The number of fused-ring (bicyclic) bond motifs is 1. The molecule has 1 aromatic rings. The number of rotatable bonds is 1. The molecule has 0 fully saturated rings. The minimum absolute atomic E-state index is 0.107. The molecule has 2 aliphatic rings. The summed E-state index contributed by atoms with van der Waals surface area (Å²) in [5.74, 6) is 1.53. The molecule has 94 valence electrons. The van der Waals surface area contributed by atoms with Crippen molar-refractivity contribution in [3.8, 4) is 11.5 Å². The first-order chi connectivity index (χ1) is 8.55. The average Bonchev–Trinajstić information content (AvgIpc) is 2.74. The largest absolute Gasteiger partial charge is 0.454 e. The van der Waals surface area contributed by atoms with E-state index in [4.69, 9.17) is 21.7 Å². The van der Waals surface area contributed by atoms with Gasteiger partial charge in [0.2, 0.25) is 6.79 Å². The molecule has 0 bridgehead atoms. The molecular formula is C13H14N2O2S. The maximum Gasteiger partial charge on any atom is 0.231 e. The van der Waals surface area contributed by atoms with Gasteiger partial charge in [-0.2, -0.15) is 0 Å². The number of ether oxygens (including phenoxy) is 2. The van der Waals surface area contributed by atoms with Crippen LogP contribution in [0, 0.1) is 0 Å². The molecule has 5 heteroatoms. The molecule has 0 amide bonds. The smallest absolute Gasteiger partial charge is 0.231 e. The van der Waals surface area contributed by atoms with Gasteiger partial charge in [0, 0.05) is 12.3 Å². The van der Waals surface area contributed by atoms with Gasteiger partial charge in [0.1, 0.15) is 0 Å². The van der Waals surface area contributed by atoms with Gasteiger partial charge < -0.3 is 14.8 Å². The van der Waals surface area contributed by atoms with Crippen molar-refractivity contribution in [2.45, 2.75) is 19.4 Å². The van der Waals surface area contributed by atoms with E-state index < -0.39 is 0 Å². The zero-order valence-electron chi connectivity index (χ0n) is 10.3. The van der Waals surface area contributed by atoms with Gasteiger partial charge in [-0.1, -0.05) is 0 Å². The standard InChI is InChI=1S/C13H14N2O2S/c1-13(2)5-6-15(12(18)14-13)9-3-4-10-11(7-9)17-8-16-10/h3-7H,8H2,1-2H3,(H,14,18). The van der Waals surface area contributed by atoms with Crippen LogP contribution in [0.15, 0.2) is 30.5 Å². The van der Waals surface area contributed by atoms with Crippen LogP contribution in [0.25, 0.3) is 0 Å². The zero-order valence-corrected chi connectivity index (χ0v) is 11.1. The van der Waals surface area contributed by atoms with E-state index in [1.165, 1.54) is 0 Å². The first-order valence-corrected chi connectivity index (χ1v) is 6.16. The molecule has 2 heterocycles. The Morgan fingerprint density at radius 3 is 2.83 bits per heavy atom. The third kappa shape index (κ3) is 1.90. The lowest BCUT2D eigenvalue weighted by Crippen LogP contribution is -2.51. The van der Waals surface area contributed by atoms with Crippen molar-refractivity contribution in [1.29, 1.82) is 0 Å². The molecule has 2 aliphatic heterocycles. The molecule has 3 rings (SSSR count). The van der Waals surface area contributed by atoms with Gasteiger partial charge in [0.05, 0.1) is 11.2 Å². The minimum atomic E-state index is -0.107. The number of hydrogen-bond acceptors (Lipinski definition) is 3. The Morgan fingerprint density at radius 1 is 1.28 bits per heavy atom. The van der Waals surface area contributed by atoms with Gasteiger partial charge in [-0.25, -0.2) is 0 Å². The highest BCUT2D eigenvalue weighted by Gasteiger charge is 2.24. The van der Waals surface area contributed by atoms with E-state index in [-0.39, 0.29) is 12.3 Å². The van der Waals surface area contributed by atoms with Crippen molar-refractivity contribution in [2.75, 3.05) is 11.7 Å². The van der Waals surface area contributed by atoms with Crippen molar-refractivity contribution < 1.29 is 9.47 Å². The molecule has 1 N–H and O–H groups in total. The third-order valence-electron chi connectivity index (χ3n) is 2.92. The Morgan fingerprint density at radius 2 is 2.06 bits per heavy atom. The topological polar surface area (TPSA) is 33.7 Å². The van der Waals surface area contributed by atoms with Crippen LogP contribution in [0.3, 0.4) is 0 Å². The lowest BCUT2D eigenvalue weighted by molar-refractivity contribution is 0.174. The van der Waals surface area contributed by atoms with E-state index in [1.54, 1.807) is 0 Å². The fourth-order valence-electron chi connectivity index (χ4n) is 1.94. The Bertz CT molecular complexity index is 540. The summed E-state index contributed by atoms with van der Waals surface area (Å²) in [7, 11) is 0. The molecule has 4 nitrogen and oxygen atoms in total. The second kappa shape index (κ2) is 3.88. The number of benzene rings is 1. The van der Waals surface area contributed by atoms with E-state index >= 15 is 0 Å². The van der Waals surface area contributed by atoms with Crippen molar-refractivity contribution in [3.63, 3.8) is 0 Å². The van der Waals surface area contributed by atoms with Crippen molar-refractivity contribution >= 4 is 23.0 Å². The molecule has 1 aromatic carbocycles. The Labute approximate surface area is 111 Å². The molecule has 0 atom stereocenters. The summed E-state index contributed by atoms with van der Waals surface area (Å²) in [5.41, 5.74) is 0.854. The van der Waals surface area contributed by atoms with Gasteiger partial charge in [-0.15, -0.1) is 0 Å². The predicted octanol–water partition coefficient (Wildman–Crippen LogP) is 2.40. The van der Waals surface area contributed by atoms with Crippen LogP contribution in [0.4, 0.5) is 5.69 Å². The van der Waals surface area contributed by atoms with E-state index in [0.29, 0.717) is 5.11 Å². The van der Waals surface area contributed by atoms with Crippen molar-refractivity contribution in [1.82, 2.24) is 5.32 Å². The normalized spacial score (nSPS) is 19.9. The summed E-state index contributed by atoms with van der Waals surface area (Å²) < 4.78 is 10.7. The number of anilines is 1. The molecule has 0 spiro atoms. The molecule has 0 unspecified atom stereocenters. The SMILES string of the molecule is CC1(C)C=CN(c2ccc3c(c2)OCO3)C(=S)N1. The Kier molecular flexibility index (Phi) is 2.45. The summed E-state index contributed by atoms with van der Waals surface area (Å²) in [6, 6.07) is 5.79. The van der Waals surface area contributed by atoms with E-state index in [2.05, 4.69) is 25.2 Å². The average molecular weight is 262 g/mol. The molecule has 0 aliphatic carbocycles. The van der Waals surface area contributed by atoms with E-state index in [1.807, 2.05) is 29.3 Å². The molecule has 18 heavy (non-hydrogen) atoms. The van der Waals surface area contributed by atoms with Crippen LogP contribution in [0.2, 0.25) is 0 Å². The molecule has 0 aromatic heterocycles. The maximum atomic E-state index is 5.38. The monoisotopic (exact) mass is 262 g/mol. The van der Waals surface area contributed by atoms with Gasteiger partial charge in [0.25, 0.3) is 0 Å². The highest BCUT2D eigenvalue weighted by atomic mass is 32.1. The van der Waals surface area contributed by atoms with Crippen LogP contribution >= 0.6 is 12.2 Å². The first-order valence-electron chi connectivity index (χ1n) is 5.76. The zero-order chi connectivity index (χ0) is 12.8. The summed E-state index contributed by atoms with van der Waals surface area (Å²) in [5, 5.41) is 3.95. The third-order valence-corrected chi connectivity index (χ3v) is 3.22. The molecular weight excluding hydrogens is 248 g/mol. The second-order valence-electron chi connectivity index (χ2n) is 4.88. The Balaban J connectivity index is 1.94. The highest BCUT2D eigenvalue weighted by Crippen LogP contribution is 2.36. The highest BCUT2D eigenvalue weighted by molar-refractivity contribution is 7.80. The first kappa shape index (κ1) is 11.3. The second-order valence-corrected chi connectivity index (χ2v) is 5.26. The molecule has 0 saturated heterocycles. The summed E-state index contributed by atoms with van der Waals surface area (Å²) >= 11 is 5.38. The maximum absolute atomic E-state index is 5.38. The van der Waals surface area contributed by atoms with Crippen molar-refractivity contribution in [2.24, 2.45) is 0 Å². The minimum Gasteiger partial charge on any atom is -0.454 e. The summed E-state index contributed by atoms with van der Waals surface area (Å²) in [6.45, 7) is 4.43. The van der Waals surface area contributed by atoms with Crippen LogP contribution in [-0.4, -0.2) is 17.4 Å². The fourth-order valence-corrected chi connectivity index (χ4v) is 2.37. The number of nitrogens with one attached hydrogen (secondary N) is 1. The van der Waals surface area contributed by atoms with Crippen LogP contribution < -0.4 is 19.7 Å². The van der Waals surface area contributed by atoms with E-state index in [9.17, 15) is 0 Å². The predicted molar refractivity (Wildman–Crippen MR) is 74.0 cm³/mol. The number of nitrogens with zero attached hydrogens (tertiary/aromatic N) is 1.